The highest BCUT2D eigenvalue weighted by molar-refractivity contribution is 5.46. The van der Waals surface area contributed by atoms with Crippen LogP contribution in [0.15, 0.2) is 60.4 Å². The molecule has 15 heavy (non-hydrogen) atoms. The molecule has 0 saturated carbocycles. The third-order valence-electron chi connectivity index (χ3n) is 2.43. The third-order valence-corrected chi connectivity index (χ3v) is 2.43. The zero-order valence-corrected chi connectivity index (χ0v) is 8.86. The summed E-state index contributed by atoms with van der Waals surface area (Å²) >= 11 is 0. The molecule has 0 aliphatic carbocycles. The standard InChI is InChI=1S/C14H14O/c1-3-4-7-12-10-13-8-5-6-9-14(13)15-11(12)2/h3-9H,2,10H2,1H3/b4-3-,12-7-. The van der Waals surface area contributed by atoms with E-state index in [-0.39, 0.29) is 0 Å². The summed E-state index contributed by atoms with van der Waals surface area (Å²) in [6, 6.07) is 8.08. The molecule has 0 fully saturated rings. The van der Waals surface area contributed by atoms with E-state index in [1.165, 1.54) is 5.56 Å². The monoisotopic (exact) mass is 198 g/mol. The highest BCUT2D eigenvalue weighted by Crippen LogP contribution is 2.31. The van der Waals surface area contributed by atoms with E-state index in [1.54, 1.807) is 0 Å². The summed E-state index contributed by atoms with van der Waals surface area (Å²) in [5, 5.41) is 0. The third kappa shape index (κ3) is 2.01. The Hall–Kier alpha value is -1.76. The number of hydrogen-bond acceptors (Lipinski definition) is 1. The molecular weight excluding hydrogens is 184 g/mol. The molecule has 0 aromatic heterocycles. The van der Waals surface area contributed by atoms with Crippen molar-refractivity contribution in [1.82, 2.24) is 0 Å². The predicted octanol–water partition coefficient (Wildman–Crippen LogP) is 3.64. The van der Waals surface area contributed by atoms with Gasteiger partial charge in [0, 0.05) is 6.42 Å². The van der Waals surface area contributed by atoms with Crippen molar-refractivity contribution in [3.63, 3.8) is 0 Å². The molecule has 2 rings (SSSR count). The van der Waals surface area contributed by atoms with Crippen molar-refractivity contribution in [1.29, 1.82) is 0 Å². The Labute approximate surface area is 90.4 Å². The van der Waals surface area contributed by atoms with Gasteiger partial charge in [0.25, 0.3) is 0 Å². The van der Waals surface area contributed by atoms with Crippen molar-refractivity contribution in [2.75, 3.05) is 0 Å². The lowest BCUT2D eigenvalue weighted by atomic mass is 10.00. The minimum atomic E-state index is 0.756. The zero-order chi connectivity index (χ0) is 10.7. The topological polar surface area (TPSA) is 9.23 Å². The van der Waals surface area contributed by atoms with Crippen LogP contribution in [0, 0.1) is 0 Å². The summed E-state index contributed by atoms with van der Waals surface area (Å²) in [6.45, 7) is 5.92. The van der Waals surface area contributed by atoms with Crippen LogP contribution in [0.1, 0.15) is 12.5 Å². The molecule has 0 atom stereocenters. The van der Waals surface area contributed by atoms with Gasteiger partial charge in [-0.05, 0) is 24.1 Å². The fraction of sp³-hybridized carbons (Fsp3) is 0.143. The molecule has 1 aromatic rings. The van der Waals surface area contributed by atoms with Gasteiger partial charge < -0.3 is 4.74 Å². The first-order valence-electron chi connectivity index (χ1n) is 5.08. The van der Waals surface area contributed by atoms with Gasteiger partial charge in [-0.2, -0.15) is 0 Å². The molecule has 0 bridgehead atoms. The van der Waals surface area contributed by atoms with Gasteiger partial charge in [0.1, 0.15) is 11.5 Å². The molecule has 1 nitrogen and oxygen atoms in total. The minimum Gasteiger partial charge on any atom is -0.457 e. The summed E-state index contributed by atoms with van der Waals surface area (Å²) in [6.07, 6.45) is 6.97. The van der Waals surface area contributed by atoms with E-state index in [9.17, 15) is 0 Å². The van der Waals surface area contributed by atoms with Gasteiger partial charge in [-0.15, -0.1) is 0 Å². The molecular formula is C14H14O. The van der Waals surface area contributed by atoms with Crippen LogP contribution in [-0.2, 0) is 6.42 Å². The summed E-state index contributed by atoms with van der Waals surface area (Å²) in [5.74, 6) is 1.69. The molecule has 76 valence electrons. The fourth-order valence-corrected chi connectivity index (χ4v) is 1.62. The maximum Gasteiger partial charge on any atom is 0.130 e. The second kappa shape index (κ2) is 4.18. The van der Waals surface area contributed by atoms with Crippen molar-refractivity contribution in [3.05, 3.63) is 66.0 Å². The molecule has 1 heterocycles. The van der Waals surface area contributed by atoms with Crippen LogP contribution in [-0.4, -0.2) is 0 Å². The second-order valence-corrected chi connectivity index (χ2v) is 3.53. The lowest BCUT2D eigenvalue weighted by Crippen LogP contribution is -2.08. The van der Waals surface area contributed by atoms with Crippen LogP contribution >= 0.6 is 0 Å². The predicted molar refractivity (Wildman–Crippen MR) is 62.8 cm³/mol. The van der Waals surface area contributed by atoms with Crippen LogP contribution in [0.5, 0.6) is 5.75 Å². The molecule has 1 aliphatic heterocycles. The number of benzene rings is 1. The summed E-state index contributed by atoms with van der Waals surface area (Å²) in [7, 11) is 0. The molecule has 0 unspecified atom stereocenters. The molecule has 1 heteroatoms. The van der Waals surface area contributed by atoms with E-state index in [4.69, 9.17) is 4.74 Å². The first-order chi connectivity index (χ1) is 7.31. The molecule has 0 amide bonds. The zero-order valence-electron chi connectivity index (χ0n) is 8.86. The first kappa shape index (κ1) is 9.78. The van der Waals surface area contributed by atoms with Crippen LogP contribution in [0.25, 0.3) is 0 Å². The van der Waals surface area contributed by atoms with Gasteiger partial charge in [-0.25, -0.2) is 0 Å². The Morgan fingerprint density at radius 1 is 1.33 bits per heavy atom. The Balaban J connectivity index is 2.33. The van der Waals surface area contributed by atoms with E-state index < -0.39 is 0 Å². The Morgan fingerprint density at radius 2 is 2.13 bits per heavy atom. The number of allylic oxidation sites excluding steroid dienone is 4. The van der Waals surface area contributed by atoms with Crippen LogP contribution < -0.4 is 4.74 Å². The van der Waals surface area contributed by atoms with Gasteiger partial charge in [-0.3, -0.25) is 0 Å². The molecule has 0 saturated heterocycles. The summed E-state index contributed by atoms with van der Waals surface area (Å²) < 4.78 is 5.64. The largest absolute Gasteiger partial charge is 0.457 e. The normalized spacial score (nSPS) is 17.9. The number of fused-ring (bicyclic) bond motifs is 1. The molecule has 0 radical (unpaired) electrons. The van der Waals surface area contributed by atoms with Crippen molar-refractivity contribution in [2.24, 2.45) is 0 Å². The van der Waals surface area contributed by atoms with E-state index in [0.717, 1.165) is 23.5 Å². The average Bonchev–Trinajstić information content (AvgIpc) is 2.26. The van der Waals surface area contributed by atoms with E-state index in [2.05, 4.69) is 18.7 Å². The second-order valence-electron chi connectivity index (χ2n) is 3.53. The quantitative estimate of drug-likeness (QED) is 0.669. The van der Waals surface area contributed by atoms with Gasteiger partial charge in [0.05, 0.1) is 0 Å². The molecule has 1 aromatic carbocycles. The molecule has 0 spiro atoms. The van der Waals surface area contributed by atoms with Crippen LogP contribution in [0.4, 0.5) is 0 Å². The van der Waals surface area contributed by atoms with Gasteiger partial charge in [0.15, 0.2) is 0 Å². The van der Waals surface area contributed by atoms with E-state index in [0.29, 0.717) is 0 Å². The average molecular weight is 198 g/mol. The molecule has 0 N–H and O–H groups in total. The minimum absolute atomic E-state index is 0.756. The fourth-order valence-electron chi connectivity index (χ4n) is 1.62. The van der Waals surface area contributed by atoms with Crippen molar-refractivity contribution >= 4 is 0 Å². The Bertz CT molecular complexity index is 438. The highest BCUT2D eigenvalue weighted by Gasteiger charge is 2.16. The first-order valence-corrected chi connectivity index (χ1v) is 5.08. The maximum absolute atomic E-state index is 5.64. The Morgan fingerprint density at radius 3 is 2.93 bits per heavy atom. The van der Waals surface area contributed by atoms with Crippen LogP contribution in [0.3, 0.4) is 0 Å². The van der Waals surface area contributed by atoms with Crippen molar-refractivity contribution < 1.29 is 4.74 Å². The van der Waals surface area contributed by atoms with Gasteiger partial charge in [0.2, 0.25) is 0 Å². The van der Waals surface area contributed by atoms with Gasteiger partial charge >= 0.3 is 0 Å². The lowest BCUT2D eigenvalue weighted by Gasteiger charge is -2.21. The number of para-hydroxylation sites is 1. The number of rotatable bonds is 1. The summed E-state index contributed by atoms with van der Waals surface area (Å²) in [4.78, 5) is 0. The smallest absolute Gasteiger partial charge is 0.130 e. The maximum atomic E-state index is 5.64. The number of ether oxygens (including phenoxy) is 1. The van der Waals surface area contributed by atoms with Gasteiger partial charge in [-0.1, -0.05) is 43.0 Å². The SMILES string of the molecule is C=C1Oc2ccccc2C/C1=C/C=C\C. The lowest BCUT2D eigenvalue weighted by molar-refractivity contribution is 0.417. The molecule has 1 aliphatic rings. The highest BCUT2D eigenvalue weighted by atomic mass is 16.5. The number of hydrogen-bond donors (Lipinski definition) is 0. The van der Waals surface area contributed by atoms with Crippen molar-refractivity contribution in [3.8, 4) is 5.75 Å². The Kier molecular flexibility index (Phi) is 2.72. The summed E-state index contributed by atoms with van der Waals surface area (Å²) in [5.41, 5.74) is 2.37. The van der Waals surface area contributed by atoms with Crippen LogP contribution in [0.2, 0.25) is 0 Å². The van der Waals surface area contributed by atoms with E-state index in [1.807, 2.05) is 37.3 Å². The van der Waals surface area contributed by atoms with E-state index >= 15 is 0 Å². The van der Waals surface area contributed by atoms with Crippen molar-refractivity contribution in [2.45, 2.75) is 13.3 Å².